The number of rotatable bonds is 12. The maximum atomic E-state index is 10.3. The Kier molecular flexibility index (Phi) is 8.61. The molecule has 29 heavy (non-hydrogen) atoms. The van der Waals surface area contributed by atoms with E-state index in [-0.39, 0.29) is 6.61 Å². The third-order valence-corrected chi connectivity index (χ3v) is 4.95. The fraction of sp³-hybridized carbons (Fsp3) is 0.478. The zero-order valence-corrected chi connectivity index (χ0v) is 17.2. The van der Waals surface area contributed by atoms with Crippen LogP contribution in [0.4, 0.5) is 0 Å². The summed E-state index contributed by atoms with van der Waals surface area (Å²) in [6.45, 7) is 5.09. The molecule has 0 unspecified atom stereocenters. The highest BCUT2D eigenvalue weighted by Crippen LogP contribution is 2.28. The van der Waals surface area contributed by atoms with E-state index < -0.39 is 6.10 Å². The van der Waals surface area contributed by atoms with Crippen LogP contribution in [-0.2, 0) is 6.54 Å². The van der Waals surface area contributed by atoms with Crippen molar-refractivity contribution in [2.75, 3.05) is 46.5 Å². The molecule has 1 aliphatic heterocycles. The number of aliphatic hydroxyl groups excluding tert-OH is 1. The van der Waals surface area contributed by atoms with Gasteiger partial charge in [-0.25, -0.2) is 0 Å². The van der Waals surface area contributed by atoms with Crippen molar-refractivity contribution >= 4 is 0 Å². The van der Waals surface area contributed by atoms with Gasteiger partial charge in [0.05, 0.1) is 7.11 Å². The molecule has 0 saturated carbocycles. The second-order valence-corrected chi connectivity index (χ2v) is 7.30. The van der Waals surface area contributed by atoms with Crippen molar-refractivity contribution in [2.45, 2.75) is 25.5 Å². The van der Waals surface area contributed by atoms with Gasteiger partial charge >= 0.3 is 0 Å². The van der Waals surface area contributed by atoms with Crippen molar-refractivity contribution in [2.24, 2.45) is 0 Å². The lowest BCUT2D eigenvalue weighted by Crippen LogP contribution is -2.33. The quantitative estimate of drug-likeness (QED) is 0.534. The zero-order chi connectivity index (χ0) is 20.3. The van der Waals surface area contributed by atoms with E-state index in [0.717, 1.165) is 30.9 Å². The van der Waals surface area contributed by atoms with E-state index in [9.17, 15) is 5.11 Å². The monoisotopic (exact) mass is 400 g/mol. The van der Waals surface area contributed by atoms with Crippen LogP contribution < -0.4 is 19.5 Å². The van der Waals surface area contributed by atoms with Crippen molar-refractivity contribution in [1.82, 2.24) is 10.2 Å². The Morgan fingerprint density at radius 1 is 1.03 bits per heavy atom. The minimum atomic E-state index is -0.505. The van der Waals surface area contributed by atoms with E-state index in [0.29, 0.717) is 31.2 Å². The molecule has 1 aliphatic rings. The molecule has 1 atom stereocenters. The Morgan fingerprint density at radius 3 is 2.59 bits per heavy atom. The normalized spacial score (nSPS) is 15.2. The number of likely N-dealkylation sites (tertiary alicyclic amines) is 1. The number of hydrogen-bond donors (Lipinski definition) is 2. The minimum absolute atomic E-state index is 0.259. The summed E-state index contributed by atoms with van der Waals surface area (Å²) in [6.07, 6.45) is 1.93. The molecule has 1 fully saturated rings. The van der Waals surface area contributed by atoms with Crippen LogP contribution in [0.3, 0.4) is 0 Å². The molecule has 0 aromatic heterocycles. The third kappa shape index (κ3) is 7.24. The molecule has 158 valence electrons. The van der Waals surface area contributed by atoms with Crippen molar-refractivity contribution in [1.29, 1.82) is 0 Å². The molecule has 0 amide bonds. The largest absolute Gasteiger partial charge is 0.493 e. The topological polar surface area (TPSA) is 63.2 Å². The molecule has 6 heteroatoms. The lowest BCUT2D eigenvalue weighted by atomic mass is 10.2. The zero-order valence-electron chi connectivity index (χ0n) is 17.2. The van der Waals surface area contributed by atoms with Crippen LogP contribution in [0.5, 0.6) is 17.2 Å². The Labute approximate surface area is 173 Å². The van der Waals surface area contributed by atoms with Gasteiger partial charge in [0, 0.05) is 19.6 Å². The molecular weight excluding hydrogens is 368 g/mol. The number of hydrogen-bond acceptors (Lipinski definition) is 6. The van der Waals surface area contributed by atoms with Gasteiger partial charge in [-0.3, -0.25) is 0 Å². The maximum Gasteiger partial charge on any atom is 0.161 e. The summed E-state index contributed by atoms with van der Waals surface area (Å²) in [7, 11) is 1.63. The second-order valence-electron chi connectivity index (χ2n) is 7.30. The molecule has 0 bridgehead atoms. The molecule has 0 aliphatic carbocycles. The standard InChI is InChI=1S/C23H32N2O4/c1-27-22-10-9-19(16-24-11-14-28-21-7-3-2-4-8-21)15-23(22)29-18-20(26)17-25-12-5-6-13-25/h2-4,7-10,15,20,24,26H,5-6,11-14,16-18H2,1H3/t20-/m1/s1. The number of aliphatic hydroxyl groups is 1. The number of nitrogens with one attached hydrogen (secondary N) is 1. The number of para-hydroxylation sites is 1. The van der Waals surface area contributed by atoms with Gasteiger partial charge in [-0.05, 0) is 55.8 Å². The van der Waals surface area contributed by atoms with Gasteiger partial charge in [0.1, 0.15) is 25.1 Å². The van der Waals surface area contributed by atoms with Crippen LogP contribution in [0, 0.1) is 0 Å². The fourth-order valence-electron chi connectivity index (χ4n) is 3.44. The summed E-state index contributed by atoms with van der Waals surface area (Å²) < 4.78 is 17.0. The average molecular weight is 401 g/mol. The number of β-amino-alcohol motifs (C(OH)–C–C–N with tert-alkyl or cyclic N) is 1. The van der Waals surface area contributed by atoms with Gasteiger partial charge in [0.2, 0.25) is 0 Å². The Bertz CT molecular complexity index is 720. The van der Waals surface area contributed by atoms with Crippen LogP contribution in [0.2, 0.25) is 0 Å². The van der Waals surface area contributed by atoms with Crippen molar-refractivity contribution in [3.05, 3.63) is 54.1 Å². The molecule has 2 aromatic carbocycles. The molecule has 2 N–H and O–H groups in total. The van der Waals surface area contributed by atoms with Gasteiger partial charge in [0.25, 0.3) is 0 Å². The number of ether oxygens (including phenoxy) is 3. The van der Waals surface area contributed by atoms with Gasteiger partial charge in [-0.2, -0.15) is 0 Å². The van der Waals surface area contributed by atoms with Crippen LogP contribution in [0.25, 0.3) is 0 Å². The SMILES string of the molecule is COc1ccc(CNCCOc2ccccc2)cc1OC[C@H](O)CN1CCCC1. The summed E-state index contributed by atoms with van der Waals surface area (Å²) in [6, 6.07) is 15.7. The summed E-state index contributed by atoms with van der Waals surface area (Å²) in [4.78, 5) is 2.28. The van der Waals surface area contributed by atoms with E-state index in [4.69, 9.17) is 14.2 Å². The van der Waals surface area contributed by atoms with E-state index in [2.05, 4.69) is 10.2 Å². The third-order valence-electron chi connectivity index (χ3n) is 4.95. The average Bonchev–Trinajstić information content (AvgIpc) is 3.26. The highest BCUT2D eigenvalue weighted by molar-refractivity contribution is 5.43. The highest BCUT2D eigenvalue weighted by Gasteiger charge is 2.17. The van der Waals surface area contributed by atoms with E-state index >= 15 is 0 Å². The molecule has 1 saturated heterocycles. The van der Waals surface area contributed by atoms with Gasteiger partial charge < -0.3 is 29.5 Å². The van der Waals surface area contributed by atoms with Crippen LogP contribution >= 0.6 is 0 Å². The second kappa shape index (κ2) is 11.7. The van der Waals surface area contributed by atoms with Gasteiger partial charge in [-0.1, -0.05) is 24.3 Å². The van der Waals surface area contributed by atoms with Crippen molar-refractivity contribution in [3.63, 3.8) is 0 Å². The molecule has 0 radical (unpaired) electrons. The first kappa shape index (κ1) is 21.4. The lowest BCUT2D eigenvalue weighted by Gasteiger charge is -2.20. The molecule has 6 nitrogen and oxygen atoms in total. The minimum Gasteiger partial charge on any atom is -0.493 e. The number of benzene rings is 2. The molecular formula is C23H32N2O4. The summed E-state index contributed by atoms with van der Waals surface area (Å²) in [5, 5.41) is 13.6. The first-order chi connectivity index (χ1) is 14.2. The summed E-state index contributed by atoms with van der Waals surface area (Å²) in [5.74, 6) is 2.21. The molecule has 0 spiro atoms. The lowest BCUT2D eigenvalue weighted by molar-refractivity contribution is 0.0746. The van der Waals surface area contributed by atoms with E-state index in [1.165, 1.54) is 12.8 Å². The Hall–Kier alpha value is -2.28. The molecule has 1 heterocycles. The molecule has 2 aromatic rings. The number of methoxy groups -OCH3 is 1. The smallest absolute Gasteiger partial charge is 0.161 e. The Morgan fingerprint density at radius 2 is 1.83 bits per heavy atom. The van der Waals surface area contributed by atoms with Gasteiger partial charge in [0.15, 0.2) is 11.5 Å². The van der Waals surface area contributed by atoms with Crippen molar-refractivity contribution < 1.29 is 19.3 Å². The van der Waals surface area contributed by atoms with Crippen LogP contribution in [0.1, 0.15) is 18.4 Å². The van der Waals surface area contributed by atoms with E-state index in [1.807, 2.05) is 48.5 Å². The highest BCUT2D eigenvalue weighted by atomic mass is 16.5. The number of nitrogens with zero attached hydrogens (tertiary/aromatic N) is 1. The van der Waals surface area contributed by atoms with Gasteiger partial charge in [-0.15, -0.1) is 0 Å². The maximum absolute atomic E-state index is 10.3. The fourth-order valence-corrected chi connectivity index (χ4v) is 3.44. The van der Waals surface area contributed by atoms with Crippen LogP contribution in [-0.4, -0.2) is 62.6 Å². The first-order valence-corrected chi connectivity index (χ1v) is 10.3. The molecule has 3 rings (SSSR count). The first-order valence-electron chi connectivity index (χ1n) is 10.3. The summed E-state index contributed by atoms with van der Waals surface area (Å²) in [5.41, 5.74) is 1.09. The van der Waals surface area contributed by atoms with Crippen molar-refractivity contribution in [3.8, 4) is 17.2 Å². The van der Waals surface area contributed by atoms with E-state index in [1.54, 1.807) is 7.11 Å². The van der Waals surface area contributed by atoms with Crippen LogP contribution in [0.15, 0.2) is 48.5 Å². The predicted octanol–water partition coefficient (Wildman–Crippen LogP) is 2.70. The predicted molar refractivity (Wildman–Crippen MR) is 114 cm³/mol. The summed E-state index contributed by atoms with van der Waals surface area (Å²) >= 11 is 0. The Balaban J connectivity index is 1.42.